The Bertz CT molecular complexity index is 1100. The number of hydrogen-bond acceptors (Lipinski definition) is 5. The molecule has 0 radical (unpaired) electrons. The second-order valence-electron chi connectivity index (χ2n) is 8.09. The van der Waals surface area contributed by atoms with Crippen molar-refractivity contribution in [3.63, 3.8) is 0 Å². The van der Waals surface area contributed by atoms with Gasteiger partial charge in [0.05, 0.1) is 29.2 Å². The lowest BCUT2D eigenvalue weighted by Gasteiger charge is -2.40. The number of likely N-dealkylation sites (tertiary alicyclic amines) is 1. The highest BCUT2D eigenvalue weighted by Gasteiger charge is 2.34. The van der Waals surface area contributed by atoms with E-state index in [9.17, 15) is 18.0 Å². The smallest absolute Gasteiger partial charge is 0.335 e. The monoisotopic (exact) mass is 478 g/mol. The van der Waals surface area contributed by atoms with Crippen molar-refractivity contribution in [2.75, 3.05) is 6.54 Å². The van der Waals surface area contributed by atoms with Gasteiger partial charge < -0.3 is 4.90 Å². The van der Waals surface area contributed by atoms with E-state index in [4.69, 9.17) is 11.6 Å². The van der Waals surface area contributed by atoms with Gasteiger partial charge in [-0.3, -0.25) is 4.79 Å². The second-order valence-corrected chi connectivity index (χ2v) is 8.53. The van der Waals surface area contributed by atoms with E-state index in [1.807, 2.05) is 4.90 Å². The lowest BCUT2D eigenvalue weighted by molar-refractivity contribution is -0.138. The molecule has 4 rings (SSSR count). The van der Waals surface area contributed by atoms with Gasteiger partial charge in [-0.15, -0.1) is 0 Å². The molecule has 0 unspecified atom stereocenters. The number of piperidine rings is 1. The molecule has 2 aromatic heterocycles. The Balaban J connectivity index is 1.55. The minimum absolute atomic E-state index is 0.116. The van der Waals surface area contributed by atoms with Gasteiger partial charge >= 0.3 is 6.18 Å². The van der Waals surface area contributed by atoms with Crippen LogP contribution >= 0.6 is 11.6 Å². The maximum absolute atomic E-state index is 13.6. The molecule has 1 aliphatic heterocycles. The van der Waals surface area contributed by atoms with Gasteiger partial charge in [0, 0.05) is 36.4 Å². The van der Waals surface area contributed by atoms with Crippen LogP contribution in [0.5, 0.6) is 0 Å². The fourth-order valence-corrected chi connectivity index (χ4v) is 4.37. The molecule has 3 heterocycles. The zero-order valence-electron chi connectivity index (χ0n) is 17.8. The topological polar surface area (TPSA) is 76.8 Å². The van der Waals surface area contributed by atoms with Gasteiger partial charge in [-0.1, -0.05) is 18.5 Å². The molecule has 1 aliphatic rings. The molecule has 3 aromatic rings. The highest BCUT2D eigenvalue weighted by molar-refractivity contribution is 6.31. The third-order valence-electron chi connectivity index (χ3n) is 5.90. The van der Waals surface area contributed by atoms with Crippen LogP contribution in [0.2, 0.25) is 5.02 Å². The number of nitrogens with zero attached hydrogens (tertiary/aromatic N) is 6. The molecule has 1 saturated heterocycles. The van der Waals surface area contributed by atoms with Crippen molar-refractivity contribution in [2.24, 2.45) is 5.92 Å². The molecule has 1 aromatic carbocycles. The largest absolute Gasteiger partial charge is 0.419 e. The van der Waals surface area contributed by atoms with Crippen LogP contribution in [0.25, 0.3) is 5.69 Å². The minimum Gasteiger partial charge on any atom is -0.335 e. The first-order chi connectivity index (χ1) is 15.7. The van der Waals surface area contributed by atoms with Crippen LogP contribution in [0.1, 0.15) is 47.9 Å². The predicted octanol–water partition coefficient (Wildman–Crippen LogP) is 4.60. The quantitative estimate of drug-likeness (QED) is 0.535. The van der Waals surface area contributed by atoms with Crippen molar-refractivity contribution >= 4 is 17.5 Å². The molecule has 1 amide bonds. The average Bonchev–Trinajstić information content (AvgIpc) is 3.32. The van der Waals surface area contributed by atoms with E-state index in [2.05, 4.69) is 27.1 Å². The summed E-state index contributed by atoms with van der Waals surface area (Å²) < 4.78 is 38.3. The average molecular weight is 479 g/mol. The highest BCUT2D eigenvalue weighted by atomic mass is 35.5. The van der Waals surface area contributed by atoms with Gasteiger partial charge in [0.2, 0.25) is 0 Å². The van der Waals surface area contributed by atoms with E-state index in [1.54, 1.807) is 18.2 Å². The first-order valence-corrected chi connectivity index (χ1v) is 11.0. The molecular formula is C22H22ClF3N6O. The molecule has 0 N–H and O–H groups in total. The van der Waals surface area contributed by atoms with Gasteiger partial charge in [0.25, 0.3) is 5.91 Å². The zero-order chi connectivity index (χ0) is 23.6. The second kappa shape index (κ2) is 9.46. The maximum Gasteiger partial charge on any atom is 0.419 e. The number of alkyl halides is 3. The van der Waals surface area contributed by atoms with Crippen molar-refractivity contribution in [1.29, 1.82) is 0 Å². The predicted molar refractivity (Wildman–Crippen MR) is 115 cm³/mol. The molecule has 33 heavy (non-hydrogen) atoms. The third-order valence-corrected chi connectivity index (χ3v) is 6.13. The molecule has 2 atom stereocenters. The van der Waals surface area contributed by atoms with Crippen molar-refractivity contribution in [3.8, 4) is 5.69 Å². The number of carbonyl (C=O) groups excluding carboxylic acids is 1. The summed E-state index contributed by atoms with van der Waals surface area (Å²) in [7, 11) is 0. The molecular weight excluding hydrogens is 457 g/mol. The number of halogens is 4. The SMILES string of the molecule is C[C@@H]1CCCN(C(=O)c2cc(Cl)ccc2-n2nccn2)[C@@H]1CCc1ncc(C(F)(F)F)cn1. The van der Waals surface area contributed by atoms with Crippen LogP contribution in [0.15, 0.2) is 43.0 Å². The first kappa shape index (κ1) is 23.2. The fourth-order valence-electron chi connectivity index (χ4n) is 4.20. The molecule has 7 nitrogen and oxygen atoms in total. The Labute approximate surface area is 193 Å². The summed E-state index contributed by atoms with van der Waals surface area (Å²) in [4.78, 5) is 24.6. The number of aryl methyl sites for hydroxylation is 1. The zero-order valence-corrected chi connectivity index (χ0v) is 18.6. The van der Waals surface area contributed by atoms with Gasteiger partial charge in [-0.25, -0.2) is 9.97 Å². The lowest BCUT2D eigenvalue weighted by Crippen LogP contribution is -2.48. The number of benzene rings is 1. The summed E-state index contributed by atoms with van der Waals surface area (Å²) in [5.74, 6) is 0.342. The standard InChI is InChI=1S/C22H22ClF3N6O/c1-14-3-2-10-31(18(14)6-7-20-27-12-15(13-28-20)22(24,25)26)21(33)17-11-16(23)4-5-19(17)32-29-8-9-30-32/h4-5,8-9,11-14,18H,2-3,6-7,10H2,1H3/t14-,18-/m1/s1. The summed E-state index contributed by atoms with van der Waals surface area (Å²) in [5, 5.41) is 8.69. The van der Waals surface area contributed by atoms with Crippen LogP contribution in [0.4, 0.5) is 13.2 Å². The van der Waals surface area contributed by atoms with E-state index in [0.29, 0.717) is 41.5 Å². The number of carbonyl (C=O) groups is 1. The van der Waals surface area contributed by atoms with Gasteiger partial charge in [-0.05, 0) is 43.4 Å². The fraction of sp³-hybridized carbons (Fsp3) is 0.409. The van der Waals surface area contributed by atoms with E-state index in [-0.39, 0.29) is 17.9 Å². The van der Waals surface area contributed by atoms with E-state index in [0.717, 1.165) is 25.2 Å². The van der Waals surface area contributed by atoms with Crippen LogP contribution in [-0.2, 0) is 12.6 Å². The molecule has 0 spiro atoms. The highest BCUT2D eigenvalue weighted by Crippen LogP contribution is 2.31. The minimum atomic E-state index is -4.47. The lowest BCUT2D eigenvalue weighted by atomic mass is 9.87. The van der Waals surface area contributed by atoms with Crippen LogP contribution in [0.3, 0.4) is 0 Å². The Hall–Kier alpha value is -3.01. The summed E-state index contributed by atoms with van der Waals surface area (Å²) in [6.07, 6.45) is 2.88. The molecule has 11 heteroatoms. The van der Waals surface area contributed by atoms with Crippen molar-refractivity contribution in [2.45, 2.75) is 44.8 Å². The molecule has 0 bridgehead atoms. The number of amides is 1. The van der Waals surface area contributed by atoms with Crippen LogP contribution in [-0.4, -0.2) is 48.4 Å². The van der Waals surface area contributed by atoms with Crippen molar-refractivity contribution in [3.05, 3.63) is 65.0 Å². The summed E-state index contributed by atoms with van der Waals surface area (Å²) in [6.45, 7) is 2.64. The van der Waals surface area contributed by atoms with E-state index >= 15 is 0 Å². The Morgan fingerprint density at radius 3 is 2.55 bits per heavy atom. The van der Waals surface area contributed by atoms with Crippen LogP contribution < -0.4 is 0 Å². The van der Waals surface area contributed by atoms with Gasteiger partial charge in [0.15, 0.2) is 0 Å². The van der Waals surface area contributed by atoms with Crippen molar-refractivity contribution < 1.29 is 18.0 Å². The third kappa shape index (κ3) is 5.16. The van der Waals surface area contributed by atoms with E-state index < -0.39 is 11.7 Å². The Morgan fingerprint density at radius 2 is 1.88 bits per heavy atom. The summed E-state index contributed by atoms with van der Waals surface area (Å²) >= 11 is 6.19. The number of rotatable bonds is 5. The number of aromatic nitrogens is 5. The van der Waals surface area contributed by atoms with Crippen LogP contribution in [0, 0.1) is 5.92 Å². The van der Waals surface area contributed by atoms with Gasteiger partial charge in [-0.2, -0.15) is 28.2 Å². The maximum atomic E-state index is 13.6. The van der Waals surface area contributed by atoms with Crippen molar-refractivity contribution in [1.82, 2.24) is 29.9 Å². The Kier molecular flexibility index (Phi) is 6.64. The molecule has 1 fully saturated rings. The summed E-state index contributed by atoms with van der Waals surface area (Å²) in [6, 6.07) is 4.87. The van der Waals surface area contributed by atoms with E-state index in [1.165, 1.54) is 17.2 Å². The molecule has 0 aliphatic carbocycles. The molecule has 174 valence electrons. The summed E-state index contributed by atoms with van der Waals surface area (Å²) in [5.41, 5.74) is 0.0378. The molecule has 0 saturated carbocycles. The normalized spacial score (nSPS) is 19.0. The Morgan fingerprint density at radius 1 is 1.18 bits per heavy atom. The number of hydrogen-bond donors (Lipinski definition) is 0. The first-order valence-electron chi connectivity index (χ1n) is 10.6. The van der Waals surface area contributed by atoms with Gasteiger partial charge in [0.1, 0.15) is 5.82 Å².